The van der Waals surface area contributed by atoms with Gasteiger partial charge in [0.05, 0.1) is 12.8 Å². The highest BCUT2D eigenvalue weighted by Crippen LogP contribution is 2.20. The summed E-state index contributed by atoms with van der Waals surface area (Å²) in [6.45, 7) is 2.68. The molecule has 2 aromatic rings. The van der Waals surface area contributed by atoms with Crippen LogP contribution in [0, 0.1) is 6.92 Å². The van der Waals surface area contributed by atoms with Crippen LogP contribution < -0.4 is 10.1 Å². The molecule has 0 radical (unpaired) electrons. The minimum Gasteiger partial charge on any atom is -0.493 e. The van der Waals surface area contributed by atoms with Crippen molar-refractivity contribution in [1.82, 2.24) is 14.8 Å². The van der Waals surface area contributed by atoms with Gasteiger partial charge in [-0.05, 0) is 19.1 Å². The van der Waals surface area contributed by atoms with Crippen LogP contribution in [-0.2, 0) is 13.6 Å². The van der Waals surface area contributed by atoms with Crippen molar-refractivity contribution in [3.8, 4) is 5.75 Å². The third kappa shape index (κ3) is 2.55. The van der Waals surface area contributed by atoms with E-state index in [9.17, 15) is 0 Å². The van der Waals surface area contributed by atoms with Crippen LogP contribution >= 0.6 is 0 Å². The Kier molecular flexibility index (Phi) is 3.27. The molecule has 0 atom stereocenters. The van der Waals surface area contributed by atoms with Crippen molar-refractivity contribution in [1.29, 1.82) is 0 Å². The molecule has 0 fully saturated rings. The van der Waals surface area contributed by atoms with Crippen LogP contribution in [-0.4, -0.2) is 21.9 Å². The highest BCUT2D eigenvalue weighted by Gasteiger charge is 2.06. The van der Waals surface area contributed by atoms with Gasteiger partial charge in [0.2, 0.25) is 0 Å². The van der Waals surface area contributed by atoms with Crippen LogP contribution in [0.1, 0.15) is 11.3 Å². The van der Waals surface area contributed by atoms with E-state index in [-0.39, 0.29) is 0 Å². The topological polar surface area (TPSA) is 52.0 Å². The summed E-state index contributed by atoms with van der Waals surface area (Å²) in [4.78, 5) is 4.24. The summed E-state index contributed by atoms with van der Waals surface area (Å²) in [5.74, 6) is 1.49. The summed E-state index contributed by atoms with van der Waals surface area (Å²) in [5, 5.41) is 7.54. The predicted octanol–water partition coefficient (Wildman–Crippen LogP) is 1.74. The number of hydrogen-bond acceptors (Lipinski definition) is 4. The number of aryl methyl sites for hydroxylation is 2. The van der Waals surface area contributed by atoms with Gasteiger partial charge in [-0.25, -0.2) is 4.98 Å². The lowest BCUT2D eigenvalue weighted by atomic mass is 10.2. The average Bonchev–Trinajstić information content (AvgIpc) is 2.65. The Morgan fingerprint density at radius 3 is 2.94 bits per heavy atom. The third-order valence-corrected chi connectivity index (χ3v) is 2.55. The number of methoxy groups -OCH3 is 1. The smallest absolute Gasteiger partial charge is 0.169 e. The quantitative estimate of drug-likeness (QED) is 0.872. The van der Waals surface area contributed by atoms with Crippen molar-refractivity contribution in [3.63, 3.8) is 0 Å². The SMILES string of the molecule is COc1cccnc1NCc1cn(C)nc1C. The lowest BCUT2D eigenvalue weighted by Crippen LogP contribution is -2.03. The first-order chi connectivity index (χ1) is 8.20. The average molecular weight is 232 g/mol. The molecule has 2 aromatic heterocycles. The summed E-state index contributed by atoms with van der Waals surface area (Å²) >= 11 is 0. The largest absolute Gasteiger partial charge is 0.493 e. The molecular weight excluding hydrogens is 216 g/mol. The lowest BCUT2D eigenvalue weighted by molar-refractivity contribution is 0.415. The fraction of sp³-hybridized carbons (Fsp3) is 0.333. The van der Waals surface area contributed by atoms with E-state index < -0.39 is 0 Å². The highest BCUT2D eigenvalue weighted by atomic mass is 16.5. The second-order valence-corrected chi connectivity index (χ2v) is 3.82. The molecule has 0 aromatic carbocycles. The molecule has 17 heavy (non-hydrogen) atoms. The summed E-state index contributed by atoms with van der Waals surface area (Å²) < 4.78 is 7.03. The molecule has 2 heterocycles. The number of ether oxygens (including phenoxy) is 1. The summed E-state index contributed by atoms with van der Waals surface area (Å²) in [7, 11) is 3.55. The van der Waals surface area contributed by atoms with Gasteiger partial charge in [0.1, 0.15) is 0 Å². The fourth-order valence-corrected chi connectivity index (χ4v) is 1.69. The Bertz CT molecular complexity index is 507. The molecule has 5 heteroatoms. The molecule has 0 amide bonds. The molecule has 0 unspecified atom stereocenters. The van der Waals surface area contributed by atoms with Crippen molar-refractivity contribution < 1.29 is 4.74 Å². The Balaban J connectivity index is 2.09. The number of nitrogens with zero attached hydrogens (tertiary/aromatic N) is 3. The van der Waals surface area contributed by atoms with Crippen LogP contribution in [0.4, 0.5) is 5.82 Å². The second-order valence-electron chi connectivity index (χ2n) is 3.82. The molecule has 0 saturated heterocycles. The first kappa shape index (κ1) is 11.4. The van der Waals surface area contributed by atoms with Crippen molar-refractivity contribution in [2.24, 2.45) is 7.05 Å². The second kappa shape index (κ2) is 4.86. The van der Waals surface area contributed by atoms with E-state index in [2.05, 4.69) is 15.4 Å². The van der Waals surface area contributed by atoms with Gasteiger partial charge in [-0.2, -0.15) is 5.10 Å². The molecule has 0 aliphatic rings. The first-order valence-electron chi connectivity index (χ1n) is 5.42. The highest BCUT2D eigenvalue weighted by molar-refractivity contribution is 5.49. The molecule has 90 valence electrons. The number of anilines is 1. The molecule has 5 nitrogen and oxygen atoms in total. The molecule has 0 aliphatic heterocycles. The number of pyridine rings is 1. The van der Waals surface area contributed by atoms with E-state index in [1.54, 1.807) is 13.3 Å². The predicted molar refractivity (Wildman–Crippen MR) is 66.1 cm³/mol. The van der Waals surface area contributed by atoms with Gasteiger partial charge >= 0.3 is 0 Å². The summed E-state index contributed by atoms with van der Waals surface area (Å²) in [6.07, 6.45) is 3.73. The maximum atomic E-state index is 5.22. The number of aromatic nitrogens is 3. The zero-order valence-corrected chi connectivity index (χ0v) is 10.3. The van der Waals surface area contributed by atoms with Crippen LogP contribution in [0.3, 0.4) is 0 Å². The van der Waals surface area contributed by atoms with Crippen LogP contribution in [0.15, 0.2) is 24.5 Å². The van der Waals surface area contributed by atoms with Gasteiger partial charge in [-0.3, -0.25) is 4.68 Å². The van der Waals surface area contributed by atoms with Crippen molar-refractivity contribution in [2.75, 3.05) is 12.4 Å². The Morgan fingerprint density at radius 1 is 1.47 bits per heavy atom. The van der Waals surface area contributed by atoms with Crippen LogP contribution in [0.25, 0.3) is 0 Å². The first-order valence-corrected chi connectivity index (χ1v) is 5.42. The van der Waals surface area contributed by atoms with E-state index in [0.29, 0.717) is 6.54 Å². The van der Waals surface area contributed by atoms with E-state index in [1.807, 2.05) is 37.0 Å². The van der Waals surface area contributed by atoms with E-state index >= 15 is 0 Å². The van der Waals surface area contributed by atoms with E-state index in [4.69, 9.17) is 4.74 Å². The van der Waals surface area contributed by atoms with Gasteiger partial charge in [0.15, 0.2) is 11.6 Å². The third-order valence-electron chi connectivity index (χ3n) is 2.55. The Hall–Kier alpha value is -2.04. The minimum absolute atomic E-state index is 0.688. The number of hydrogen-bond donors (Lipinski definition) is 1. The fourth-order valence-electron chi connectivity index (χ4n) is 1.69. The molecule has 2 rings (SSSR count). The number of rotatable bonds is 4. The van der Waals surface area contributed by atoms with Crippen LogP contribution in [0.5, 0.6) is 5.75 Å². The lowest BCUT2D eigenvalue weighted by Gasteiger charge is -2.08. The van der Waals surface area contributed by atoms with E-state index in [0.717, 1.165) is 22.8 Å². The number of nitrogens with one attached hydrogen (secondary N) is 1. The Labute approximate surface area is 100 Å². The van der Waals surface area contributed by atoms with Gasteiger partial charge in [-0.1, -0.05) is 0 Å². The zero-order chi connectivity index (χ0) is 12.3. The molecule has 0 saturated carbocycles. The molecular formula is C12H16N4O. The monoisotopic (exact) mass is 232 g/mol. The maximum absolute atomic E-state index is 5.22. The molecule has 1 N–H and O–H groups in total. The summed E-state index contributed by atoms with van der Waals surface area (Å²) in [5.41, 5.74) is 2.18. The van der Waals surface area contributed by atoms with Crippen molar-refractivity contribution >= 4 is 5.82 Å². The minimum atomic E-state index is 0.688. The van der Waals surface area contributed by atoms with Crippen molar-refractivity contribution in [2.45, 2.75) is 13.5 Å². The van der Waals surface area contributed by atoms with Crippen LogP contribution in [0.2, 0.25) is 0 Å². The van der Waals surface area contributed by atoms with Crippen molar-refractivity contribution in [3.05, 3.63) is 35.8 Å². The standard InChI is InChI=1S/C12H16N4O/c1-9-10(8-16(2)15-9)7-14-12-11(17-3)5-4-6-13-12/h4-6,8H,7H2,1-3H3,(H,13,14). The van der Waals surface area contributed by atoms with Gasteiger partial charge in [0, 0.05) is 31.5 Å². The molecule has 0 spiro atoms. The Morgan fingerprint density at radius 2 is 2.29 bits per heavy atom. The zero-order valence-electron chi connectivity index (χ0n) is 10.3. The molecule has 0 aliphatic carbocycles. The van der Waals surface area contributed by atoms with Gasteiger partial charge < -0.3 is 10.1 Å². The van der Waals surface area contributed by atoms with E-state index in [1.165, 1.54) is 0 Å². The normalized spacial score (nSPS) is 10.3. The molecule has 0 bridgehead atoms. The summed E-state index contributed by atoms with van der Waals surface area (Å²) in [6, 6.07) is 3.73. The maximum Gasteiger partial charge on any atom is 0.169 e. The van der Waals surface area contributed by atoms with Gasteiger partial charge in [0.25, 0.3) is 0 Å². The van der Waals surface area contributed by atoms with Gasteiger partial charge in [-0.15, -0.1) is 0 Å².